The Morgan fingerprint density at radius 2 is 2.00 bits per heavy atom. The van der Waals surface area contributed by atoms with Gasteiger partial charge in [0.05, 0.1) is 11.3 Å². The van der Waals surface area contributed by atoms with Crippen molar-refractivity contribution in [2.75, 3.05) is 6.54 Å². The summed E-state index contributed by atoms with van der Waals surface area (Å²) in [6, 6.07) is 5.57. The fourth-order valence-electron chi connectivity index (χ4n) is 2.17. The lowest BCUT2D eigenvalue weighted by atomic mass is 10.1. The first-order valence-electron chi connectivity index (χ1n) is 6.86. The molecule has 1 aliphatic rings. The number of rotatable bonds is 5. The van der Waals surface area contributed by atoms with Gasteiger partial charge in [-0.05, 0) is 31.4 Å². The molecule has 112 valence electrons. The highest BCUT2D eigenvalue weighted by molar-refractivity contribution is 7.09. The summed E-state index contributed by atoms with van der Waals surface area (Å²) in [4.78, 5) is 4.33. The first kappa shape index (κ1) is 14.5. The molecule has 0 spiro atoms. The van der Waals surface area contributed by atoms with Crippen LogP contribution in [0.5, 0.6) is 0 Å². The molecule has 6 heteroatoms. The van der Waals surface area contributed by atoms with Crippen molar-refractivity contribution in [2.24, 2.45) is 5.92 Å². The van der Waals surface area contributed by atoms with Gasteiger partial charge in [-0.3, -0.25) is 0 Å². The summed E-state index contributed by atoms with van der Waals surface area (Å²) < 4.78 is 39.0. The van der Waals surface area contributed by atoms with Crippen LogP contribution in [0.4, 0.5) is 13.2 Å². The zero-order valence-electron chi connectivity index (χ0n) is 11.3. The zero-order chi connectivity index (χ0) is 14.9. The Labute approximate surface area is 125 Å². The van der Waals surface area contributed by atoms with Gasteiger partial charge in [-0.1, -0.05) is 18.2 Å². The van der Waals surface area contributed by atoms with E-state index >= 15 is 0 Å². The molecule has 0 bridgehead atoms. The van der Waals surface area contributed by atoms with Crippen LogP contribution < -0.4 is 5.32 Å². The molecule has 0 amide bonds. The molecule has 21 heavy (non-hydrogen) atoms. The Bertz CT molecular complexity index is 617. The largest absolute Gasteiger partial charge is 0.417 e. The maximum absolute atomic E-state index is 13.0. The van der Waals surface area contributed by atoms with Gasteiger partial charge in [0, 0.05) is 17.5 Å². The van der Waals surface area contributed by atoms with Crippen molar-refractivity contribution in [2.45, 2.75) is 25.6 Å². The molecule has 0 aliphatic heterocycles. The molecule has 1 fully saturated rings. The molecule has 0 saturated heterocycles. The topological polar surface area (TPSA) is 24.9 Å². The quantitative estimate of drug-likeness (QED) is 0.889. The average molecular weight is 312 g/mol. The van der Waals surface area contributed by atoms with Gasteiger partial charge in [0.25, 0.3) is 0 Å². The zero-order valence-corrected chi connectivity index (χ0v) is 12.1. The van der Waals surface area contributed by atoms with Crippen molar-refractivity contribution >= 4 is 11.3 Å². The van der Waals surface area contributed by atoms with Gasteiger partial charge >= 0.3 is 6.18 Å². The van der Waals surface area contributed by atoms with Crippen LogP contribution in [0.25, 0.3) is 11.3 Å². The van der Waals surface area contributed by atoms with E-state index < -0.39 is 11.7 Å². The normalized spacial score (nSPS) is 15.4. The summed E-state index contributed by atoms with van der Waals surface area (Å²) in [5.74, 6) is 0.774. The summed E-state index contributed by atoms with van der Waals surface area (Å²) in [6.07, 6.45) is -1.81. The smallest absolute Gasteiger partial charge is 0.310 e. The van der Waals surface area contributed by atoms with Crippen LogP contribution in [0.15, 0.2) is 29.6 Å². The number of thiazole rings is 1. The molecule has 1 saturated carbocycles. The summed E-state index contributed by atoms with van der Waals surface area (Å²) in [7, 11) is 0. The summed E-state index contributed by atoms with van der Waals surface area (Å²) >= 11 is 1.39. The van der Waals surface area contributed by atoms with Crippen LogP contribution in [-0.4, -0.2) is 11.5 Å². The van der Waals surface area contributed by atoms with Gasteiger partial charge in [-0.25, -0.2) is 4.98 Å². The van der Waals surface area contributed by atoms with Crippen molar-refractivity contribution in [1.82, 2.24) is 10.3 Å². The average Bonchev–Trinajstić information content (AvgIpc) is 3.14. The number of hydrogen-bond acceptors (Lipinski definition) is 3. The van der Waals surface area contributed by atoms with E-state index in [0.29, 0.717) is 12.2 Å². The van der Waals surface area contributed by atoms with Gasteiger partial charge in [-0.2, -0.15) is 13.2 Å². The summed E-state index contributed by atoms with van der Waals surface area (Å²) in [5, 5.41) is 5.81. The second-order valence-electron chi connectivity index (χ2n) is 5.24. The van der Waals surface area contributed by atoms with E-state index in [1.807, 2.05) is 0 Å². The van der Waals surface area contributed by atoms with Crippen molar-refractivity contribution in [1.29, 1.82) is 0 Å². The second-order valence-corrected chi connectivity index (χ2v) is 6.19. The monoisotopic (exact) mass is 312 g/mol. The van der Waals surface area contributed by atoms with Crippen LogP contribution in [-0.2, 0) is 12.7 Å². The standard InChI is InChI=1S/C15H15F3N2S/c16-15(17,18)12-4-2-1-3-11(12)13-9-21-14(20-13)8-19-7-10-5-6-10/h1-4,9-10,19H,5-8H2. The number of hydrogen-bond donors (Lipinski definition) is 1. The number of nitrogens with zero attached hydrogens (tertiary/aromatic N) is 1. The van der Waals surface area contributed by atoms with Crippen molar-refractivity contribution < 1.29 is 13.2 Å². The van der Waals surface area contributed by atoms with E-state index in [9.17, 15) is 13.2 Å². The minimum Gasteiger partial charge on any atom is -0.310 e. The van der Waals surface area contributed by atoms with Crippen LogP contribution in [0.1, 0.15) is 23.4 Å². The minimum absolute atomic E-state index is 0.148. The van der Waals surface area contributed by atoms with Gasteiger partial charge in [0.15, 0.2) is 0 Å². The highest BCUT2D eigenvalue weighted by Gasteiger charge is 2.33. The Hall–Kier alpha value is -1.40. The van der Waals surface area contributed by atoms with E-state index in [0.717, 1.165) is 23.5 Å². The molecular formula is C15H15F3N2S. The molecule has 1 aliphatic carbocycles. The number of nitrogens with one attached hydrogen (secondary N) is 1. The number of benzene rings is 1. The first-order chi connectivity index (χ1) is 10.0. The molecule has 0 unspecified atom stereocenters. The molecule has 2 aromatic rings. The van der Waals surface area contributed by atoms with Crippen LogP contribution >= 0.6 is 11.3 Å². The van der Waals surface area contributed by atoms with E-state index in [4.69, 9.17) is 0 Å². The van der Waals surface area contributed by atoms with E-state index in [1.54, 1.807) is 11.4 Å². The predicted molar refractivity (Wildman–Crippen MR) is 77.0 cm³/mol. The Kier molecular flexibility index (Phi) is 3.99. The maximum atomic E-state index is 13.0. The maximum Gasteiger partial charge on any atom is 0.417 e. The lowest BCUT2D eigenvalue weighted by Gasteiger charge is -2.10. The molecule has 2 nitrogen and oxygen atoms in total. The fraction of sp³-hybridized carbons (Fsp3) is 0.400. The van der Waals surface area contributed by atoms with Gasteiger partial charge in [-0.15, -0.1) is 11.3 Å². The molecule has 3 rings (SSSR count). The number of alkyl halides is 3. The SMILES string of the molecule is FC(F)(F)c1ccccc1-c1csc(CNCC2CC2)n1. The summed E-state index contributed by atoms with van der Waals surface area (Å²) in [6.45, 7) is 1.59. The molecule has 1 aromatic carbocycles. The Balaban J connectivity index is 1.76. The highest BCUT2D eigenvalue weighted by Crippen LogP contribution is 2.37. The lowest BCUT2D eigenvalue weighted by Crippen LogP contribution is -2.15. The third-order valence-electron chi connectivity index (χ3n) is 3.47. The van der Waals surface area contributed by atoms with Crippen LogP contribution in [0, 0.1) is 5.92 Å². The molecule has 1 heterocycles. The first-order valence-corrected chi connectivity index (χ1v) is 7.74. The fourth-order valence-corrected chi connectivity index (χ4v) is 2.94. The third kappa shape index (κ3) is 3.63. The molecule has 1 N–H and O–H groups in total. The number of halogens is 3. The highest BCUT2D eigenvalue weighted by atomic mass is 32.1. The van der Waals surface area contributed by atoms with Crippen LogP contribution in [0.3, 0.4) is 0 Å². The van der Waals surface area contributed by atoms with Crippen molar-refractivity contribution in [3.8, 4) is 11.3 Å². The van der Waals surface area contributed by atoms with Crippen LogP contribution in [0.2, 0.25) is 0 Å². The van der Waals surface area contributed by atoms with E-state index in [-0.39, 0.29) is 5.56 Å². The van der Waals surface area contributed by atoms with Crippen molar-refractivity contribution in [3.05, 3.63) is 40.2 Å². The van der Waals surface area contributed by atoms with Gasteiger partial charge in [0.1, 0.15) is 5.01 Å². The second kappa shape index (κ2) is 5.77. The lowest BCUT2D eigenvalue weighted by molar-refractivity contribution is -0.137. The predicted octanol–water partition coefficient (Wildman–Crippen LogP) is 4.33. The molecule has 1 aromatic heterocycles. The Morgan fingerprint density at radius 1 is 1.24 bits per heavy atom. The molecule has 0 radical (unpaired) electrons. The van der Waals surface area contributed by atoms with Crippen molar-refractivity contribution in [3.63, 3.8) is 0 Å². The molecule has 0 atom stereocenters. The van der Waals surface area contributed by atoms with E-state index in [1.165, 1.54) is 36.3 Å². The number of aromatic nitrogens is 1. The van der Waals surface area contributed by atoms with E-state index in [2.05, 4.69) is 10.3 Å². The minimum atomic E-state index is -4.36. The Morgan fingerprint density at radius 3 is 2.71 bits per heavy atom. The van der Waals surface area contributed by atoms with Gasteiger partial charge in [0.2, 0.25) is 0 Å². The summed E-state index contributed by atoms with van der Waals surface area (Å²) in [5.41, 5.74) is -0.0846. The van der Waals surface area contributed by atoms with Gasteiger partial charge < -0.3 is 5.32 Å². The molecular weight excluding hydrogens is 297 g/mol. The third-order valence-corrected chi connectivity index (χ3v) is 4.32.